The largest absolute Gasteiger partial charge is 0.490 e. The van der Waals surface area contributed by atoms with Gasteiger partial charge in [0.2, 0.25) is 0 Å². The van der Waals surface area contributed by atoms with Gasteiger partial charge in [-0.1, -0.05) is 17.7 Å². The van der Waals surface area contributed by atoms with E-state index < -0.39 is 22.1 Å². The van der Waals surface area contributed by atoms with Crippen LogP contribution in [0, 0.1) is 19.8 Å². The molecule has 0 unspecified atom stereocenters. The van der Waals surface area contributed by atoms with E-state index in [0.717, 1.165) is 9.54 Å². The molecule has 0 amide bonds. The number of fused-ring (bicyclic) bond motifs is 1. The van der Waals surface area contributed by atoms with Gasteiger partial charge in [-0.15, -0.1) is 0 Å². The van der Waals surface area contributed by atoms with Crippen molar-refractivity contribution in [1.29, 1.82) is 0 Å². The molecule has 11 heteroatoms. The van der Waals surface area contributed by atoms with Crippen molar-refractivity contribution < 1.29 is 26.3 Å². The van der Waals surface area contributed by atoms with Gasteiger partial charge in [0.05, 0.1) is 33.6 Å². The van der Waals surface area contributed by atoms with Gasteiger partial charge in [-0.05, 0) is 64.7 Å². The summed E-state index contributed by atoms with van der Waals surface area (Å²) >= 11 is 0. The zero-order valence-corrected chi connectivity index (χ0v) is 23.2. The first kappa shape index (κ1) is 27.9. The maximum Gasteiger partial charge on any atom is 0.391 e. The number of pyridine rings is 2. The topological polar surface area (TPSA) is 83.2 Å². The van der Waals surface area contributed by atoms with Gasteiger partial charge >= 0.3 is 6.18 Å². The second kappa shape index (κ2) is 10.4. The van der Waals surface area contributed by atoms with Gasteiger partial charge in [-0.3, -0.25) is 9.78 Å². The number of rotatable bonds is 6. The Morgan fingerprint density at radius 2 is 1.68 bits per heavy atom. The number of benzene rings is 1. The summed E-state index contributed by atoms with van der Waals surface area (Å²) in [6.45, 7) is 5.72. The van der Waals surface area contributed by atoms with Gasteiger partial charge in [0.1, 0.15) is 5.75 Å². The molecule has 1 saturated carbocycles. The molecule has 3 heterocycles. The maximum absolute atomic E-state index is 13.7. The molecule has 3 aromatic heterocycles. The molecule has 0 atom stereocenters. The fourth-order valence-electron chi connectivity index (χ4n) is 5.34. The van der Waals surface area contributed by atoms with Crippen molar-refractivity contribution in [2.75, 3.05) is 0 Å². The van der Waals surface area contributed by atoms with Crippen LogP contribution in [0.15, 0.2) is 64.4 Å². The van der Waals surface area contributed by atoms with E-state index in [1.54, 1.807) is 38.1 Å². The summed E-state index contributed by atoms with van der Waals surface area (Å²) in [4.78, 5) is 17.5. The Kier molecular flexibility index (Phi) is 7.28. The van der Waals surface area contributed by atoms with Gasteiger partial charge in [-0.25, -0.2) is 12.4 Å². The zero-order valence-electron chi connectivity index (χ0n) is 22.4. The second-order valence-electron chi connectivity index (χ2n) is 10.3. The Morgan fingerprint density at radius 3 is 2.30 bits per heavy atom. The molecule has 7 nitrogen and oxygen atoms in total. The van der Waals surface area contributed by atoms with Crippen LogP contribution in [0.3, 0.4) is 0 Å². The lowest BCUT2D eigenvalue weighted by Crippen LogP contribution is -2.31. The molecule has 1 aliphatic rings. The van der Waals surface area contributed by atoms with E-state index in [1.165, 1.54) is 35.0 Å². The number of alkyl halides is 3. The SMILES string of the molecule is CCn1c(=O)ccc2c1c(-c1cc(OC3CCC(C(F)(F)F)CC3)cc(C)n1)cn2S(=O)(=O)c1ccc(C)cc1. The summed E-state index contributed by atoms with van der Waals surface area (Å²) in [7, 11) is -4.02. The fourth-order valence-corrected chi connectivity index (χ4v) is 6.70. The van der Waals surface area contributed by atoms with Crippen LogP contribution in [0.25, 0.3) is 22.3 Å². The first-order chi connectivity index (χ1) is 18.9. The van der Waals surface area contributed by atoms with Crippen molar-refractivity contribution >= 4 is 21.1 Å². The van der Waals surface area contributed by atoms with Crippen molar-refractivity contribution in [2.45, 2.75) is 70.2 Å². The molecule has 0 spiro atoms. The second-order valence-corrected chi connectivity index (χ2v) is 12.1. The highest BCUT2D eigenvalue weighted by molar-refractivity contribution is 7.90. The number of aryl methyl sites for hydroxylation is 3. The maximum atomic E-state index is 13.7. The van der Waals surface area contributed by atoms with Crippen LogP contribution in [0.5, 0.6) is 5.75 Å². The van der Waals surface area contributed by atoms with Crippen LogP contribution >= 0.6 is 0 Å². The number of aromatic nitrogens is 3. The van der Waals surface area contributed by atoms with Crippen LogP contribution < -0.4 is 10.3 Å². The van der Waals surface area contributed by atoms with Gasteiger partial charge in [0.15, 0.2) is 0 Å². The van der Waals surface area contributed by atoms with E-state index in [-0.39, 0.29) is 42.2 Å². The molecule has 212 valence electrons. The summed E-state index contributed by atoms with van der Waals surface area (Å²) in [6.07, 6.45) is -2.52. The van der Waals surface area contributed by atoms with Gasteiger partial charge in [0, 0.05) is 42.2 Å². The Bertz CT molecular complexity index is 1720. The lowest BCUT2D eigenvalue weighted by atomic mass is 9.87. The summed E-state index contributed by atoms with van der Waals surface area (Å²) in [5.41, 5.74) is 2.79. The third-order valence-electron chi connectivity index (χ3n) is 7.44. The summed E-state index contributed by atoms with van der Waals surface area (Å²) in [5, 5.41) is 0. The molecule has 4 aromatic rings. The standard InChI is InChI=1S/C29H30F3N3O4S/c1-4-34-27(36)14-13-26-28(34)24(17-35(26)40(37,38)23-11-5-18(2)6-12-23)25-16-22(15-19(3)33-25)39-21-9-7-20(8-10-21)29(30,31)32/h5-6,11-17,20-21H,4,7-10H2,1-3H3. The Labute approximate surface area is 230 Å². The smallest absolute Gasteiger partial charge is 0.391 e. The molecule has 0 aliphatic heterocycles. The summed E-state index contributed by atoms with van der Waals surface area (Å²) < 4.78 is 75.5. The molecular weight excluding hydrogens is 543 g/mol. The number of nitrogens with zero attached hydrogens (tertiary/aromatic N) is 3. The summed E-state index contributed by atoms with van der Waals surface area (Å²) in [6, 6.07) is 12.7. The van der Waals surface area contributed by atoms with Crippen molar-refractivity contribution in [2.24, 2.45) is 5.92 Å². The molecule has 1 aliphatic carbocycles. The Morgan fingerprint density at radius 1 is 1.00 bits per heavy atom. The zero-order chi connectivity index (χ0) is 28.8. The molecule has 1 fully saturated rings. The van der Waals surface area contributed by atoms with Crippen molar-refractivity contribution in [3.8, 4) is 17.0 Å². The monoisotopic (exact) mass is 573 g/mol. The number of hydrogen-bond acceptors (Lipinski definition) is 5. The normalized spacial score (nSPS) is 18.2. The summed E-state index contributed by atoms with van der Waals surface area (Å²) in [5.74, 6) is -0.879. The average molecular weight is 574 g/mol. The molecule has 1 aromatic carbocycles. The molecule has 0 bridgehead atoms. The van der Waals surface area contributed by atoms with Crippen LogP contribution in [0.4, 0.5) is 13.2 Å². The van der Waals surface area contributed by atoms with Gasteiger partial charge < -0.3 is 9.30 Å². The van der Waals surface area contributed by atoms with E-state index in [0.29, 0.717) is 40.3 Å². The number of hydrogen-bond donors (Lipinski definition) is 0. The van der Waals surface area contributed by atoms with Gasteiger partial charge in [-0.2, -0.15) is 13.2 Å². The van der Waals surface area contributed by atoms with E-state index in [1.807, 2.05) is 6.92 Å². The van der Waals surface area contributed by atoms with E-state index in [2.05, 4.69) is 4.98 Å². The minimum atomic E-state index is -4.20. The predicted molar refractivity (Wildman–Crippen MR) is 146 cm³/mol. The lowest BCUT2D eigenvalue weighted by Gasteiger charge is -2.30. The Hall–Kier alpha value is -3.60. The molecular formula is C29H30F3N3O4S. The lowest BCUT2D eigenvalue weighted by molar-refractivity contribution is -0.185. The average Bonchev–Trinajstić information content (AvgIpc) is 3.29. The van der Waals surface area contributed by atoms with E-state index >= 15 is 0 Å². The highest BCUT2D eigenvalue weighted by Crippen LogP contribution is 2.39. The van der Waals surface area contributed by atoms with Gasteiger partial charge in [0.25, 0.3) is 15.6 Å². The molecule has 0 radical (unpaired) electrons. The third kappa shape index (κ3) is 5.26. The number of ether oxygens (including phenoxy) is 1. The van der Waals surface area contributed by atoms with E-state index in [9.17, 15) is 26.4 Å². The molecule has 40 heavy (non-hydrogen) atoms. The first-order valence-corrected chi connectivity index (χ1v) is 14.6. The van der Waals surface area contributed by atoms with Crippen LogP contribution in [-0.4, -0.2) is 34.2 Å². The molecule has 0 saturated heterocycles. The van der Waals surface area contributed by atoms with Crippen LogP contribution in [-0.2, 0) is 16.6 Å². The Balaban J connectivity index is 1.59. The highest BCUT2D eigenvalue weighted by Gasteiger charge is 2.41. The first-order valence-electron chi connectivity index (χ1n) is 13.2. The van der Waals surface area contributed by atoms with Crippen molar-refractivity contribution in [3.05, 3.63) is 76.3 Å². The molecule has 5 rings (SSSR count). The fraction of sp³-hybridized carbons (Fsp3) is 0.379. The van der Waals surface area contributed by atoms with Crippen LogP contribution in [0.2, 0.25) is 0 Å². The minimum absolute atomic E-state index is 0.0121. The predicted octanol–water partition coefficient (Wildman–Crippen LogP) is 6.24. The number of halogens is 3. The van der Waals surface area contributed by atoms with Crippen molar-refractivity contribution in [3.63, 3.8) is 0 Å². The van der Waals surface area contributed by atoms with Crippen molar-refractivity contribution in [1.82, 2.24) is 13.5 Å². The highest BCUT2D eigenvalue weighted by atomic mass is 32.2. The van der Waals surface area contributed by atoms with E-state index in [4.69, 9.17) is 4.74 Å². The minimum Gasteiger partial charge on any atom is -0.490 e. The quantitative estimate of drug-likeness (QED) is 0.273. The molecule has 0 N–H and O–H groups in total. The van der Waals surface area contributed by atoms with Crippen LogP contribution in [0.1, 0.15) is 43.9 Å². The third-order valence-corrected chi connectivity index (χ3v) is 9.13.